The minimum atomic E-state index is -1.26. The predicted molar refractivity (Wildman–Crippen MR) is 68.0 cm³/mol. The van der Waals surface area contributed by atoms with Crippen LogP contribution in [-0.4, -0.2) is 42.2 Å². The third kappa shape index (κ3) is 4.04. The quantitative estimate of drug-likeness (QED) is 0.632. The van der Waals surface area contributed by atoms with Gasteiger partial charge in [0.25, 0.3) is 0 Å². The first-order chi connectivity index (χ1) is 8.99. The predicted octanol–water partition coefficient (Wildman–Crippen LogP) is 0.0381. The SMILES string of the molecule is COc1ccc(C=O)cc1C(O)C(O)CNC(C)=O. The van der Waals surface area contributed by atoms with E-state index in [9.17, 15) is 19.8 Å². The number of hydrogen-bond acceptors (Lipinski definition) is 5. The number of carbonyl (C=O) groups is 2. The van der Waals surface area contributed by atoms with Crippen molar-refractivity contribution in [1.82, 2.24) is 5.32 Å². The van der Waals surface area contributed by atoms with Crippen LogP contribution in [0.1, 0.15) is 28.9 Å². The molecule has 0 spiro atoms. The summed E-state index contributed by atoms with van der Waals surface area (Å²) in [5.41, 5.74) is 0.659. The van der Waals surface area contributed by atoms with Gasteiger partial charge in [-0.15, -0.1) is 0 Å². The molecule has 2 atom stereocenters. The minimum Gasteiger partial charge on any atom is -0.496 e. The molecule has 0 saturated heterocycles. The molecule has 2 unspecified atom stereocenters. The van der Waals surface area contributed by atoms with Gasteiger partial charge in [0.05, 0.1) is 7.11 Å². The fourth-order valence-corrected chi connectivity index (χ4v) is 1.62. The molecule has 0 radical (unpaired) electrons. The maximum atomic E-state index is 10.8. The van der Waals surface area contributed by atoms with Crippen molar-refractivity contribution in [2.75, 3.05) is 13.7 Å². The summed E-state index contributed by atoms with van der Waals surface area (Å²) in [6.07, 6.45) is -1.82. The Morgan fingerprint density at radius 1 is 1.47 bits per heavy atom. The Hall–Kier alpha value is -1.92. The number of rotatable bonds is 6. The molecule has 1 aromatic rings. The van der Waals surface area contributed by atoms with Crippen molar-refractivity contribution in [2.45, 2.75) is 19.1 Å². The normalized spacial score (nSPS) is 13.5. The summed E-state index contributed by atoms with van der Waals surface area (Å²) in [7, 11) is 1.42. The van der Waals surface area contributed by atoms with Crippen LogP contribution in [0.3, 0.4) is 0 Å². The first kappa shape index (κ1) is 15.1. The number of ether oxygens (including phenoxy) is 1. The Morgan fingerprint density at radius 2 is 2.16 bits per heavy atom. The lowest BCUT2D eigenvalue weighted by Crippen LogP contribution is -2.34. The summed E-state index contributed by atoms with van der Waals surface area (Å²) in [4.78, 5) is 21.5. The Morgan fingerprint density at radius 3 is 2.68 bits per heavy atom. The summed E-state index contributed by atoms with van der Waals surface area (Å²) in [6, 6.07) is 4.52. The smallest absolute Gasteiger partial charge is 0.216 e. The molecule has 6 nitrogen and oxygen atoms in total. The minimum absolute atomic E-state index is 0.0923. The second kappa shape index (κ2) is 6.86. The van der Waals surface area contributed by atoms with E-state index < -0.39 is 12.2 Å². The lowest BCUT2D eigenvalue weighted by molar-refractivity contribution is -0.119. The van der Waals surface area contributed by atoms with Crippen LogP contribution in [0.4, 0.5) is 0 Å². The van der Waals surface area contributed by atoms with Crippen LogP contribution in [-0.2, 0) is 4.79 Å². The van der Waals surface area contributed by atoms with Gasteiger partial charge < -0.3 is 20.3 Å². The molecule has 0 bridgehead atoms. The monoisotopic (exact) mass is 267 g/mol. The van der Waals surface area contributed by atoms with E-state index in [1.54, 1.807) is 6.07 Å². The molecular formula is C13H17NO5. The molecule has 19 heavy (non-hydrogen) atoms. The van der Waals surface area contributed by atoms with E-state index in [1.165, 1.54) is 26.2 Å². The number of aliphatic hydroxyl groups excluding tert-OH is 2. The number of benzene rings is 1. The van der Waals surface area contributed by atoms with E-state index in [2.05, 4.69) is 5.32 Å². The zero-order chi connectivity index (χ0) is 14.4. The van der Waals surface area contributed by atoms with Crippen molar-refractivity contribution in [3.63, 3.8) is 0 Å². The largest absolute Gasteiger partial charge is 0.496 e. The van der Waals surface area contributed by atoms with Crippen molar-refractivity contribution in [3.8, 4) is 5.75 Å². The molecule has 0 saturated carbocycles. The van der Waals surface area contributed by atoms with E-state index in [0.29, 0.717) is 23.2 Å². The molecule has 0 fully saturated rings. The molecule has 1 amide bonds. The number of amides is 1. The highest BCUT2D eigenvalue weighted by atomic mass is 16.5. The molecule has 3 N–H and O–H groups in total. The summed E-state index contributed by atoms with van der Waals surface area (Å²) in [5, 5.41) is 22.2. The Balaban J connectivity index is 2.92. The van der Waals surface area contributed by atoms with Gasteiger partial charge in [0, 0.05) is 24.6 Å². The lowest BCUT2D eigenvalue weighted by atomic mass is 10.0. The average molecular weight is 267 g/mol. The summed E-state index contributed by atoms with van der Waals surface area (Å²) < 4.78 is 5.07. The molecule has 1 rings (SSSR count). The maximum absolute atomic E-state index is 10.8. The van der Waals surface area contributed by atoms with E-state index in [4.69, 9.17) is 4.74 Å². The van der Waals surface area contributed by atoms with Crippen molar-refractivity contribution in [1.29, 1.82) is 0 Å². The lowest BCUT2D eigenvalue weighted by Gasteiger charge is -2.20. The van der Waals surface area contributed by atoms with Crippen LogP contribution in [0.5, 0.6) is 5.75 Å². The van der Waals surface area contributed by atoms with Gasteiger partial charge in [-0.25, -0.2) is 0 Å². The van der Waals surface area contributed by atoms with Crippen molar-refractivity contribution < 1.29 is 24.5 Å². The topological polar surface area (TPSA) is 95.9 Å². The zero-order valence-electron chi connectivity index (χ0n) is 10.8. The summed E-state index contributed by atoms with van der Waals surface area (Å²) in [6.45, 7) is 1.22. The number of aldehydes is 1. The van der Waals surface area contributed by atoms with Gasteiger partial charge in [-0.2, -0.15) is 0 Å². The third-order valence-corrected chi connectivity index (χ3v) is 2.63. The van der Waals surface area contributed by atoms with Crippen molar-refractivity contribution >= 4 is 12.2 Å². The molecule has 0 aliphatic heterocycles. The first-order valence-electron chi connectivity index (χ1n) is 5.73. The molecule has 0 aromatic heterocycles. The highest BCUT2D eigenvalue weighted by Crippen LogP contribution is 2.28. The highest BCUT2D eigenvalue weighted by molar-refractivity contribution is 5.75. The van der Waals surface area contributed by atoms with Crippen LogP contribution in [0.15, 0.2) is 18.2 Å². The Kier molecular flexibility index (Phi) is 5.47. The molecule has 104 valence electrons. The molecule has 0 aliphatic carbocycles. The second-order valence-electron chi connectivity index (χ2n) is 4.07. The Labute approximate surface area is 111 Å². The van der Waals surface area contributed by atoms with Gasteiger partial charge in [-0.1, -0.05) is 0 Å². The summed E-state index contributed by atoms with van der Waals surface area (Å²) >= 11 is 0. The number of carbonyl (C=O) groups excluding carboxylic acids is 2. The van der Waals surface area contributed by atoms with E-state index >= 15 is 0 Å². The fourth-order valence-electron chi connectivity index (χ4n) is 1.62. The molecule has 0 aliphatic rings. The van der Waals surface area contributed by atoms with Gasteiger partial charge in [0.1, 0.15) is 24.2 Å². The zero-order valence-corrected chi connectivity index (χ0v) is 10.8. The first-order valence-corrected chi connectivity index (χ1v) is 5.73. The van der Waals surface area contributed by atoms with Crippen LogP contribution in [0, 0.1) is 0 Å². The molecule has 0 heterocycles. The standard InChI is InChI=1S/C13H17NO5/c1-8(16)14-6-11(17)13(18)10-5-9(7-15)3-4-12(10)19-2/h3-5,7,11,13,17-18H,6H2,1-2H3,(H,14,16). The van der Waals surface area contributed by atoms with Crippen LogP contribution < -0.4 is 10.1 Å². The Bertz CT molecular complexity index is 460. The molecule has 1 aromatic carbocycles. The van der Waals surface area contributed by atoms with Crippen LogP contribution >= 0.6 is 0 Å². The number of hydrogen-bond donors (Lipinski definition) is 3. The maximum Gasteiger partial charge on any atom is 0.216 e. The van der Waals surface area contributed by atoms with Gasteiger partial charge in [0.15, 0.2) is 0 Å². The number of nitrogens with one attached hydrogen (secondary N) is 1. The molecular weight excluding hydrogens is 250 g/mol. The van der Waals surface area contributed by atoms with Gasteiger partial charge >= 0.3 is 0 Å². The van der Waals surface area contributed by atoms with Gasteiger partial charge in [-0.3, -0.25) is 9.59 Å². The van der Waals surface area contributed by atoms with Crippen LogP contribution in [0.25, 0.3) is 0 Å². The third-order valence-electron chi connectivity index (χ3n) is 2.63. The van der Waals surface area contributed by atoms with Crippen LogP contribution in [0.2, 0.25) is 0 Å². The second-order valence-corrected chi connectivity index (χ2v) is 4.07. The van der Waals surface area contributed by atoms with Gasteiger partial charge in [-0.05, 0) is 18.2 Å². The van der Waals surface area contributed by atoms with Crippen molar-refractivity contribution in [2.24, 2.45) is 0 Å². The fraction of sp³-hybridized carbons (Fsp3) is 0.385. The number of aliphatic hydroxyl groups is 2. The molecule has 6 heteroatoms. The summed E-state index contributed by atoms with van der Waals surface area (Å²) in [5.74, 6) is 0.0554. The number of methoxy groups -OCH3 is 1. The van der Waals surface area contributed by atoms with E-state index in [1.807, 2.05) is 0 Å². The van der Waals surface area contributed by atoms with Crippen molar-refractivity contribution in [3.05, 3.63) is 29.3 Å². The van der Waals surface area contributed by atoms with Gasteiger partial charge in [0.2, 0.25) is 5.91 Å². The van der Waals surface area contributed by atoms with E-state index in [-0.39, 0.29) is 12.5 Å². The van der Waals surface area contributed by atoms with E-state index in [0.717, 1.165) is 0 Å². The average Bonchev–Trinajstić information content (AvgIpc) is 2.42. The highest BCUT2D eigenvalue weighted by Gasteiger charge is 2.22.